The zero-order valence-corrected chi connectivity index (χ0v) is 28.0. The van der Waals surface area contributed by atoms with Crippen LogP contribution >= 0.6 is 24.8 Å². The predicted molar refractivity (Wildman–Crippen MR) is 168 cm³/mol. The van der Waals surface area contributed by atoms with Gasteiger partial charge < -0.3 is 0 Å². The summed E-state index contributed by atoms with van der Waals surface area (Å²) in [7, 11) is 0. The molecule has 0 aliphatic heterocycles. The van der Waals surface area contributed by atoms with E-state index in [1.54, 1.807) is 0 Å². The van der Waals surface area contributed by atoms with Gasteiger partial charge in [-0.25, -0.2) is 0 Å². The Kier molecular flexibility index (Phi) is 17.1. The Morgan fingerprint density at radius 2 is 1.03 bits per heavy atom. The third kappa shape index (κ3) is 9.92. The number of fused-ring (bicyclic) bond motifs is 2. The summed E-state index contributed by atoms with van der Waals surface area (Å²) in [5, 5.41) is 5.67. The van der Waals surface area contributed by atoms with Gasteiger partial charge in [0, 0.05) is 0 Å². The second-order valence-corrected chi connectivity index (χ2v) is 8.99. The second kappa shape index (κ2) is 17.8. The molecule has 0 aromatic heterocycles. The average molecular weight is 626 g/mol. The zero-order chi connectivity index (χ0) is 26.0. The molecule has 37 heavy (non-hydrogen) atoms. The first-order valence-corrected chi connectivity index (χ1v) is 16.5. The minimum atomic E-state index is 0. The fourth-order valence-electron chi connectivity index (χ4n) is 4.62. The average Bonchev–Trinajstić information content (AvgIpc) is 3.42. The summed E-state index contributed by atoms with van der Waals surface area (Å²) < 4.78 is 0. The van der Waals surface area contributed by atoms with Crippen molar-refractivity contribution in [3.63, 3.8) is 0 Å². The van der Waals surface area contributed by atoms with Gasteiger partial charge in [0.1, 0.15) is 0 Å². The van der Waals surface area contributed by atoms with Gasteiger partial charge in [0.25, 0.3) is 0 Å². The number of benzene rings is 3. The first-order chi connectivity index (χ1) is 16.8. The Labute approximate surface area is 254 Å². The zero-order valence-electron chi connectivity index (χ0n) is 22.9. The number of halogens is 2. The van der Waals surface area contributed by atoms with Crippen molar-refractivity contribution in [2.75, 3.05) is 0 Å². The molecule has 0 fully saturated rings. The number of hydrogen-bond acceptors (Lipinski definition) is 0. The van der Waals surface area contributed by atoms with Crippen LogP contribution in [0, 0.1) is 34.6 Å². The molecule has 5 aromatic rings. The summed E-state index contributed by atoms with van der Waals surface area (Å²) in [6, 6.07) is 27.9. The van der Waals surface area contributed by atoms with E-state index in [1.165, 1.54) is 78.3 Å². The summed E-state index contributed by atoms with van der Waals surface area (Å²) in [6.07, 6.45) is 2.26. The third-order valence-corrected chi connectivity index (χ3v) is 6.31. The van der Waals surface area contributed by atoms with E-state index in [-0.39, 0.29) is 24.8 Å². The molecular weight excluding hydrogens is 587 g/mol. The molecule has 196 valence electrons. The minimum absolute atomic E-state index is 0. The molecular formula is C33H39Cl2SiZr-3. The van der Waals surface area contributed by atoms with Gasteiger partial charge in [0.2, 0.25) is 0 Å². The Hall–Kier alpha value is -1.57. The molecule has 0 unspecified atom stereocenters. The molecule has 0 saturated heterocycles. The number of hydrogen-bond donors (Lipinski definition) is 0. The second-order valence-electron chi connectivity index (χ2n) is 8.99. The van der Waals surface area contributed by atoms with Crippen molar-refractivity contribution >= 4 is 53.2 Å². The summed E-state index contributed by atoms with van der Waals surface area (Å²) in [5.41, 5.74) is 9.66. The Bertz CT molecular complexity index is 1260. The van der Waals surface area contributed by atoms with Crippen LogP contribution in [0.1, 0.15) is 52.8 Å². The molecule has 0 saturated carbocycles. The van der Waals surface area contributed by atoms with E-state index in [9.17, 15) is 0 Å². The SMILES string of the molecule is CCc1c(C)ccc2[cH-]c(C)cc12.CCc1c(C)ccc2[cH-]c(C)cc12.Cl.Cl.[CH2-]c1ccccc1.[Si]=[Zr]. The molecule has 0 aliphatic carbocycles. The fraction of sp³-hybridized carbons (Fsp3) is 0.242. The van der Waals surface area contributed by atoms with Crippen LogP contribution in [-0.4, -0.2) is 6.88 Å². The molecule has 2 radical (unpaired) electrons. The van der Waals surface area contributed by atoms with E-state index < -0.39 is 0 Å². The van der Waals surface area contributed by atoms with Crippen LogP contribution in [0.3, 0.4) is 0 Å². The Morgan fingerprint density at radius 3 is 1.32 bits per heavy atom. The molecule has 0 bridgehead atoms. The summed E-state index contributed by atoms with van der Waals surface area (Å²) in [4.78, 5) is 0. The molecule has 5 rings (SSSR count). The quantitative estimate of drug-likeness (QED) is 0.135. The molecule has 0 aliphatic rings. The topological polar surface area (TPSA) is 0 Å². The first-order valence-electron chi connectivity index (χ1n) is 12.3. The van der Waals surface area contributed by atoms with Crippen LogP contribution < -0.4 is 0 Å². The van der Waals surface area contributed by atoms with Crippen molar-refractivity contribution in [2.45, 2.75) is 54.4 Å². The fourth-order valence-corrected chi connectivity index (χ4v) is 4.62. The third-order valence-electron chi connectivity index (χ3n) is 6.31. The molecule has 0 N–H and O–H groups in total. The van der Waals surface area contributed by atoms with Crippen LogP contribution in [0.4, 0.5) is 0 Å². The van der Waals surface area contributed by atoms with Gasteiger partial charge in [-0.05, 0) is 26.7 Å². The molecule has 4 heteroatoms. The summed E-state index contributed by atoms with van der Waals surface area (Å²) in [5.74, 6) is 0. The molecule has 0 amide bonds. The van der Waals surface area contributed by atoms with Crippen LogP contribution in [-0.2, 0) is 36.2 Å². The van der Waals surface area contributed by atoms with Crippen LogP contribution in [0.15, 0.2) is 78.9 Å². The summed E-state index contributed by atoms with van der Waals surface area (Å²) in [6.45, 7) is 19.9. The van der Waals surface area contributed by atoms with Crippen molar-refractivity contribution in [3.8, 4) is 0 Å². The maximum atomic E-state index is 3.72. The molecule has 0 spiro atoms. The normalized spacial score (nSPS) is 9.43. The van der Waals surface area contributed by atoms with Crippen molar-refractivity contribution in [3.05, 3.63) is 125 Å². The van der Waals surface area contributed by atoms with Crippen LogP contribution in [0.25, 0.3) is 21.5 Å². The van der Waals surface area contributed by atoms with Crippen molar-refractivity contribution in [2.24, 2.45) is 0 Å². The Morgan fingerprint density at radius 1 is 0.649 bits per heavy atom. The van der Waals surface area contributed by atoms with Crippen molar-refractivity contribution in [1.29, 1.82) is 0 Å². The van der Waals surface area contributed by atoms with E-state index in [4.69, 9.17) is 0 Å². The molecule has 0 nitrogen and oxygen atoms in total. The summed E-state index contributed by atoms with van der Waals surface area (Å²) >= 11 is 1.36. The molecule has 0 heterocycles. The number of rotatable bonds is 2. The van der Waals surface area contributed by atoms with Gasteiger partial charge in [-0.1, -0.05) is 56.0 Å². The van der Waals surface area contributed by atoms with Gasteiger partial charge >= 0.3 is 30.2 Å². The van der Waals surface area contributed by atoms with Gasteiger partial charge in [-0.3, -0.25) is 0 Å². The van der Waals surface area contributed by atoms with E-state index >= 15 is 0 Å². The van der Waals surface area contributed by atoms with Gasteiger partial charge in [0.05, 0.1) is 0 Å². The van der Waals surface area contributed by atoms with Gasteiger partial charge in [-0.2, -0.15) is 36.8 Å². The van der Waals surface area contributed by atoms with Gasteiger partial charge in [0.15, 0.2) is 0 Å². The standard InChI is InChI=1S/2C13H15.C7H7.2ClH.Si.Zr/c2*1-4-12-10(3)5-6-11-7-9(2)8-13(11)12;1-7-5-3-2-4-6-7;;;;/h2*5-8H,4H2,1-3H3;2-6H,1H2;2*1H;;/q3*-1;;;;. The van der Waals surface area contributed by atoms with Crippen molar-refractivity contribution < 1.29 is 23.3 Å². The van der Waals surface area contributed by atoms with E-state index in [0.717, 1.165) is 18.4 Å². The predicted octanol–water partition coefficient (Wildman–Crippen LogP) is 9.80. The van der Waals surface area contributed by atoms with Crippen LogP contribution in [0.2, 0.25) is 0 Å². The monoisotopic (exact) mass is 623 g/mol. The molecule has 0 atom stereocenters. The number of aryl methyl sites for hydroxylation is 6. The maximum absolute atomic E-state index is 3.72. The molecule has 5 aromatic carbocycles. The van der Waals surface area contributed by atoms with E-state index in [0.29, 0.717) is 0 Å². The first kappa shape index (κ1) is 35.4. The Balaban J connectivity index is 0.000000514. The van der Waals surface area contributed by atoms with E-state index in [1.807, 2.05) is 30.3 Å². The van der Waals surface area contributed by atoms with Gasteiger partial charge in [-0.15, -0.1) is 106 Å². The van der Waals surface area contributed by atoms with Crippen molar-refractivity contribution in [1.82, 2.24) is 0 Å². The van der Waals surface area contributed by atoms with E-state index in [2.05, 4.69) is 104 Å². The van der Waals surface area contributed by atoms with Crippen LogP contribution in [0.5, 0.6) is 0 Å².